The maximum absolute atomic E-state index is 6.67. The van der Waals surface area contributed by atoms with Crippen LogP contribution in [-0.2, 0) is 13.9 Å². The third-order valence-corrected chi connectivity index (χ3v) is 10.2. The summed E-state index contributed by atoms with van der Waals surface area (Å²) in [4.78, 5) is 0. The standard InChI is InChI=1S/C17H35IO3Si/c1-9-10-13(21-22(7,8)16(2,3)4)11-14-15(12-18)20-17(5,6)19-14/h13-15H,9-12H2,1-8H3/t13-,14-,15-/m1/s1. The quantitative estimate of drug-likeness (QED) is 0.295. The summed E-state index contributed by atoms with van der Waals surface area (Å²) >= 11 is 2.39. The first kappa shape index (κ1) is 20.9. The highest BCUT2D eigenvalue weighted by Crippen LogP contribution is 2.39. The van der Waals surface area contributed by atoms with Crippen LogP contribution in [0.2, 0.25) is 18.1 Å². The molecule has 1 aliphatic rings. The van der Waals surface area contributed by atoms with E-state index < -0.39 is 14.1 Å². The maximum atomic E-state index is 6.67. The van der Waals surface area contributed by atoms with Crippen molar-refractivity contribution in [2.24, 2.45) is 0 Å². The average Bonchev–Trinajstić information content (AvgIpc) is 2.62. The van der Waals surface area contributed by atoms with E-state index in [2.05, 4.69) is 63.4 Å². The molecule has 0 N–H and O–H groups in total. The first-order valence-electron chi connectivity index (χ1n) is 8.51. The molecule has 3 nitrogen and oxygen atoms in total. The zero-order valence-corrected chi connectivity index (χ0v) is 18.8. The van der Waals surface area contributed by atoms with Gasteiger partial charge < -0.3 is 13.9 Å². The van der Waals surface area contributed by atoms with Gasteiger partial charge >= 0.3 is 0 Å². The van der Waals surface area contributed by atoms with Crippen molar-refractivity contribution >= 4 is 30.9 Å². The van der Waals surface area contributed by atoms with E-state index in [0.717, 1.165) is 23.7 Å². The zero-order chi connectivity index (χ0) is 17.2. The SMILES string of the molecule is CCC[C@H](C[C@H]1OC(C)(C)O[C@@H]1CI)O[Si](C)(C)C(C)(C)C. The molecule has 22 heavy (non-hydrogen) atoms. The molecule has 5 heteroatoms. The molecule has 3 atom stereocenters. The van der Waals surface area contributed by atoms with Crippen molar-refractivity contribution in [1.82, 2.24) is 0 Å². The van der Waals surface area contributed by atoms with Crippen LogP contribution < -0.4 is 0 Å². The van der Waals surface area contributed by atoms with Crippen LogP contribution in [-0.4, -0.2) is 36.8 Å². The Bertz CT molecular complexity index is 352. The summed E-state index contributed by atoms with van der Waals surface area (Å²) in [6.45, 7) is 17.8. The fourth-order valence-electron chi connectivity index (χ4n) is 2.64. The second-order valence-electron chi connectivity index (χ2n) is 8.39. The van der Waals surface area contributed by atoms with Gasteiger partial charge in [-0.1, -0.05) is 56.7 Å². The number of rotatable bonds is 7. The van der Waals surface area contributed by atoms with Crippen LogP contribution in [0.4, 0.5) is 0 Å². The van der Waals surface area contributed by atoms with Crippen LogP contribution >= 0.6 is 22.6 Å². The van der Waals surface area contributed by atoms with E-state index >= 15 is 0 Å². The van der Waals surface area contributed by atoms with Gasteiger partial charge in [-0.05, 0) is 38.4 Å². The third kappa shape index (κ3) is 5.72. The smallest absolute Gasteiger partial charge is 0.192 e. The average molecular weight is 442 g/mol. The van der Waals surface area contributed by atoms with Gasteiger partial charge in [0.15, 0.2) is 14.1 Å². The van der Waals surface area contributed by atoms with E-state index in [1.807, 2.05) is 13.8 Å². The molecular weight excluding hydrogens is 407 g/mol. The fraction of sp³-hybridized carbons (Fsp3) is 1.00. The largest absolute Gasteiger partial charge is 0.414 e. The second kappa shape index (κ2) is 7.81. The normalized spacial score (nSPS) is 27.1. The molecule has 0 saturated carbocycles. The highest BCUT2D eigenvalue weighted by molar-refractivity contribution is 14.1. The molecule has 0 radical (unpaired) electrons. The lowest BCUT2D eigenvalue weighted by molar-refractivity contribution is -0.146. The fourth-order valence-corrected chi connectivity index (χ4v) is 4.79. The summed E-state index contributed by atoms with van der Waals surface area (Å²) in [5.41, 5.74) is 0. The van der Waals surface area contributed by atoms with Crippen molar-refractivity contribution in [2.45, 2.75) is 103 Å². The topological polar surface area (TPSA) is 27.7 Å². The molecule has 0 aliphatic carbocycles. The van der Waals surface area contributed by atoms with Crippen LogP contribution in [0.3, 0.4) is 0 Å². The number of halogens is 1. The van der Waals surface area contributed by atoms with Gasteiger partial charge in [-0.15, -0.1) is 0 Å². The highest BCUT2D eigenvalue weighted by atomic mass is 127. The number of hydrogen-bond acceptors (Lipinski definition) is 3. The van der Waals surface area contributed by atoms with E-state index in [1.54, 1.807) is 0 Å². The Hall–Kier alpha value is 0.827. The third-order valence-electron chi connectivity index (χ3n) is 4.81. The zero-order valence-electron chi connectivity index (χ0n) is 15.7. The summed E-state index contributed by atoms with van der Waals surface area (Å²) in [5, 5.41) is 0.244. The molecule has 1 saturated heterocycles. The van der Waals surface area contributed by atoms with Crippen LogP contribution in [0.5, 0.6) is 0 Å². The van der Waals surface area contributed by atoms with Gasteiger partial charge in [0.05, 0.1) is 12.2 Å². The van der Waals surface area contributed by atoms with Gasteiger partial charge in [-0.2, -0.15) is 0 Å². The summed E-state index contributed by atoms with van der Waals surface area (Å²) in [6.07, 6.45) is 3.79. The number of hydrogen-bond donors (Lipinski definition) is 0. The van der Waals surface area contributed by atoms with E-state index in [4.69, 9.17) is 13.9 Å². The first-order valence-corrected chi connectivity index (χ1v) is 12.9. The molecule has 1 rings (SSSR count). The minimum absolute atomic E-state index is 0.146. The Morgan fingerprint density at radius 3 is 2.18 bits per heavy atom. The molecule has 0 amide bonds. The molecule has 1 aliphatic heterocycles. The Balaban J connectivity index is 2.76. The Kier molecular flexibility index (Phi) is 7.41. The van der Waals surface area contributed by atoms with Crippen molar-refractivity contribution in [3.63, 3.8) is 0 Å². The molecule has 0 bridgehead atoms. The predicted molar refractivity (Wildman–Crippen MR) is 104 cm³/mol. The lowest BCUT2D eigenvalue weighted by Gasteiger charge is -2.40. The Labute approximate surface area is 152 Å². The Morgan fingerprint density at radius 2 is 1.73 bits per heavy atom. The summed E-state index contributed by atoms with van der Waals surface area (Å²) in [7, 11) is -1.74. The number of ether oxygens (including phenoxy) is 2. The second-order valence-corrected chi connectivity index (χ2v) is 14.0. The van der Waals surface area contributed by atoms with E-state index in [0.29, 0.717) is 0 Å². The molecule has 0 spiro atoms. The first-order chi connectivity index (χ1) is 9.92. The molecule has 0 unspecified atom stereocenters. The van der Waals surface area contributed by atoms with Crippen LogP contribution in [0.25, 0.3) is 0 Å². The van der Waals surface area contributed by atoms with E-state index in [1.165, 1.54) is 0 Å². The van der Waals surface area contributed by atoms with Gasteiger partial charge in [0.2, 0.25) is 0 Å². The lowest BCUT2D eigenvalue weighted by Crippen LogP contribution is -2.45. The molecule has 1 heterocycles. The molecule has 132 valence electrons. The highest BCUT2D eigenvalue weighted by Gasteiger charge is 2.44. The number of alkyl halides is 1. The lowest BCUT2D eigenvalue weighted by atomic mass is 10.0. The van der Waals surface area contributed by atoms with Gasteiger partial charge in [-0.3, -0.25) is 0 Å². The van der Waals surface area contributed by atoms with E-state index in [9.17, 15) is 0 Å². The molecule has 0 aromatic carbocycles. The minimum atomic E-state index is -1.74. The van der Waals surface area contributed by atoms with E-state index in [-0.39, 0.29) is 23.4 Å². The van der Waals surface area contributed by atoms with Gasteiger partial charge in [0, 0.05) is 17.0 Å². The molecule has 1 fully saturated rings. The predicted octanol–water partition coefficient (Wildman–Crippen LogP) is 5.52. The van der Waals surface area contributed by atoms with Gasteiger partial charge in [0.25, 0.3) is 0 Å². The molecular formula is C17H35IO3Si. The van der Waals surface area contributed by atoms with Crippen molar-refractivity contribution in [1.29, 1.82) is 0 Å². The van der Waals surface area contributed by atoms with Gasteiger partial charge in [0.1, 0.15) is 0 Å². The minimum Gasteiger partial charge on any atom is -0.414 e. The molecule has 0 aromatic heterocycles. The van der Waals surface area contributed by atoms with Crippen LogP contribution in [0, 0.1) is 0 Å². The van der Waals surface area contributed by atoms with Crippen molar-refractivity contribution in [2.75, 3.05) is 4.43 Å². The van der Waals surface area contributed by atoms with Crippen LogP contribution in [0.1, 0.15) is 60.8 Å². The van der Waals surface area contributed by atoms with Gasteiger partial charge in [-0.25, -0.2) is 0 Å². The summed E-state index contributed by atoms with van der Waals surface area (Å²) < 4.78 is 19.8. The van der Waals surface area contributed by atoms with Crippen LogP contribution in [0.15, 0.2) is 0 Å². The monoisotopic (exact) mass is 442 g/mol. The van der Waals surface area contributed by atoms with Crippen molar-refractivity contribution < 1.29 is 13.9 Å². The maximum Gasteiger partial charge on any atom is 0.192 e. The molecule has 0 aromatic rings. The summed E-state index contributed by atoms with van der Waals surface area (Å²) in [6, 6.07) is 0. The Morgan fingerprint density at radius 1 is 1.18 bits per heavy atom. The van der Waals surface area contributed by atoms with Crippen molar-refractivity contribution in [3.05, 3.63) is 0 Å². The van der Waals surface area contributed by atoms with Crippen molar-refractivity contribution in [3.8, 4) is 0 Å². The summed E-state index contributed by atoms with van der Waals surface area (Å²) in [5.74, 6) is -0.464.